The van der Waals surface area contributed by atoms with Crippen LogP contribution in [0.3, 0.4) is 0 Å². The van der Waals surface area contributed by atoms with Gasteiger partial charge >= 0.3 is 12.0 Å². The van der Waals surface area contributed by atoms with E-state index in [1.165, 1.54) is 34.2 Å². The lowest BCUT2D eigenvalue weighted by molar-refractivity contribution is -0.385. The first-order valence-corrected chi connectivity index (χ1v) is 12.8. The first kappa shape index (κ1) is 28.3. The zero-order chi connectivity index (χ0) is 29.0. The van der Waals surface area contributed by atoms with Crippen molar-refractivity contribution in [2.45, 2.75) is 39.3 Å². The summed E-state index contributed by atoms with van der Waals surface area (Å²) in [5, 5.41) is 11.5. The van der Waals surface area contributed by atoms with Crippen LogP contribution in [0.5, 0.6) is 0 Å². The second-order valence-electron chi connectivity index (χ2n) is 9.81. The van der Waals surface area contributed by atoms with Crippen LogP contribution < -0.4 is 0 Å². The van der Waals surface area contributed by atoms with Crippen molar-refractivity contribution in [2.24, 2.45) is 10.9 Å². The quantitative estimate of drug-likeness (QED) is 0.220. The number of non-ortho nitro benzene ring substituents is 1. The van der Waals surface area contributed by atoms with E-state index in [1.807, 2.05) is 18.2 Å². The molecule has 0 radical (unpaired) electrons. The fourth-order valence-electron chi connectivity index (χ4n) is 4.68. The van der Waals surface area contributed by atoms with E-state index in [-0.39, 0.29) is 36.1 Å². The molecule has 3 amide bonds. The van der Waals surface area contributed by atoms with Gasteiger partial charge in [-0.15, -0.1) is 0 Å². The van der Waals surface area contributed by atoms with Gasteiger partial charge in [0.1, 0.15) is 11.6 Å². The first-order chi connectivity index (χ1) is 19.1. The number of nitrogens with zero attached hydrogens (tertiary/aromatic N) is 6. The average Bonchev–Trinajstić information content (AvgIpc) is 2.92. The molecule has 2 atom stereocenters. The number of para-hydroxylation sites is 2. The minimum absolute atomic E-state index is 0.134. The lowest BCUT2D eigenvalue weighted by atomic mass is 9.86. The Hall–Kier alpha value is -4.74. The van der Waals surface area contributed by atoms with Crippen LogP contribution in [0.4, 0.5) is 10.5 Å². The fourth-order valence-corrected chi connectivity index (χ4v) is 4.68. The van der Waals surface area contributed by atoms with E-state index >= 15 is 0 Å². The molecular formula is C28H30N6O6. The predicted molar refractivity (Wildman–Crippen MR) is 147 cm³/mol. The summed E-state index contributed by atoms with van der Waals surface area (Å²) < 4.78 is 5.47. The summed E-state index contributed by atoms with van der Waals surface area (Å²) in [7, 11) is 1.63. The average molecular weight is 547 g/mol. The Bertz CT molecular complexity index is 1490. The maximum atomic E-state index is 13.2. The molecule has 0 spiro atoms. The normalized spacial score (nSPS) is 17.1. The summed E-state index contributed by atoms with van der Waals surface area (Å²) in [6.07, 6.45) is 1.37. The largest absolute Gasteiger partial charge is 0.462 e. The number of esters is 1. The van der Waals surface area contributed by atoms with Gasteiger partial charge in [-0.05, 0) is 44.9 Å². The third kappa shape index (κ3) is 6.11. The molecule has 0 saturated heterocycles. The van der Waals surface area contributed by atoms with Crippen molar-refractivity contribution < 1.29 is 24.0 Å². The number of fused-ring (bicyclic) bond motifs is 1. The van der Waals surface area contributed by atoms with Crippen molar-refractivity contribution >= 4 is 40.3 Å². The Morgan fingerprint density at radius 3 is 2.58 bits per heavy atom. The number of aliphatic imine (C=N–C) groups is 1. The smallest absolute Gasteiger partial charge is 0.344 e. The van der Waals surface area contributed by atoms with Gasteiger partial charge in [0.15, 0.2) is 0 Å². The van der Waals surface area contributed by atoms with Crippen LogP contribution >= 0.6 is 0 Å². The van der Waals surface area contributed by atoms with Crippen molar-refractivity contribution in [1.82, 2.24) is 19.8 Å². The van der Waals surface area contributed by atoms with Gasteiger partial charge in [0, 0.05) is 38.0 Å². The molecule has 12 heteroatoms. The molecule has 40 heavy (non-hydrogen) atoms. The zero-order valence-corrected chi connectivity index (χ0v) is 22.7. The first-order valence-electron chi connectivity index (χ1n) is 12.8. The molecule has 1 aliphatic heterocycles. The molecule has 4 rings (SSSR count). The van der Waals surface area contributed by atoms with E-state index < -0.39 is 35.0 Å². The number of aromatic nitrogens is 2. The number of hydrogen-bond acceptors (Lipinski definition) is 8. The van der Waals surface area contributed by atoms with Gasteiger partial charge in [0.05, 0.1) is 34.3 Å². The van der Waals surface area contributed by atoms with E-state index in [0.717, 1.165) is 0 Å². The SMILES string of the molecule is CC1=NC(=O)N(CCCN(C)C(=O)c2cnc3ccccc3n2)C(c2cccc([N+](=O)[O-])c2)C1C(=O)OC(C)C. The Morgan fingerprint density at radius 1 is 1.15 bits per heavy atom. The van der Waals surface area contributed by atoms with E-state index in [9.17, 15) is 24.5 Å². The Balaban J connectivity index is 1.56. The summed E-state index contributed by atoms with van der Waals surface area (Å²) in [6, 6.07) is 11.6. The number of ether oxygens (including phenoxy) is 1. The molecule has 3 aromatic rings. The third-order valence-electron chi connectivity index (χ3n) is 6.55. The minimum atomic E-state index is -0.950. The molecule has 2 unspecified atom stereocenters. The number of nitro groups is 1. The van der Waals surface area contributed by atoms with Crippen molar-refractivity contribution in [3.05, 3.63) is 76.1 Å². The van der Waals surface area contributed by atoms with Crippen LogP contribution in [0, 0.1) is 16.0 Å². The fraction of sp³-hybridized carbons (Fsp3) is 0.357. The van der Waals surface area contributed by atoms with Crippen LogP contribution in [0.2, 0.25) is 0 Å². The van der Waals surface area contributed by atoms with Crippen LogP contribution in [-0.2, 0) is 9.53 Å². The zero-order valence-electron chi connectivity index (χ0n) is 22.7. The van der Waals surface area contributed by atoms with Crippen LogP contribution in [0.15, 0.2) is 59.7 Å². The molecule has 0 N–H and O–H groups in total. The molecule has 208 valence electrons. The molecule has 1 aromatic heterocycles. The number of hydrogen-bond donors (Lipinski definition) is 0. The van der Waals surface area contributed by atoms with Crippen molar-refractivity contribution in [3.8, 4) is 0 Å². The lowest BCUT2D eigenvalue weighted by Gasteiger charge is -2.39. The lowest BCUT2D eigenvalue weighted by Crippen LogP contribution is -2.48. The summed E-state index contributed by atoms with van der Waals surface area (Å²) in [5.74, 6) is -1.85. The van der Waals surface area contributed by atoms with Gasteiger partial charge < -0.3 is 14.5 Å². The van der Waals surface area contributed by atoms with E-state index in [4.69, 9.17) is 4.74 Å². The van der Waals surface area contributed by atoms with Gasteiger partial charge in [-0.1, -0.05) is 24.3 Å². The summed E-state index contributed by atoms with van der Waals surface area (Å²) in [4.78, 5) is 65.9. The molecule has 0 saturated carbocycles. The Kier molecular flexibility index (Phi) is 8.46. The van der Waals surface area contributed by atoms with Crippen LogP contribution in [0.1, 0.15) is 49.3 Å². The highest BCUT2D eigenvalue weighted by Crippen LogP contribution is 2.36. The molecular weight excluding hydrogens is 516 g/mol. The summed E-state index contributed by atoms with van der Waals surface area (Å²) >= 11 is 0. The van der Waals surface area contributed by atoms with E-state index in [2.05, 4.69) is 15.0 Å². The van der Waals surface area contributed by atoms with Gasteiger partial charge in [0.2, 0.25) is 0 Å². The molecule has 0 aliphatic carbocycles. The molecule has 12 nitrogen and oxygen atoms in total. The number of carbonyl (C=O) groups excluding carboxylic acids is 3. The number of rotatable bonds is 9. The monoisotopic (exact) mass is 546 g/mol. The second kappa shape index (κ2) is 12.0. The highest BCUT2D eigenvalue weighted by molar-refractivity contribution is 6.08. The topological polar surface area (TPSA) is 148 Å². The Morgan fingerprint density at radius 2 is 1.88 bits per heavy atom. The minimum Gasteiger partial charge on any atom is -0.462 e. The number of amides is 3. The maximum Gasteiger partial charge on any atom is 0.344 e. The standard InChI is InChI=1S/C28H30N6O6/c1-17(2)40-27(36)24-18(3)30-28(37)33(25(24)19-9-7-10-20(15-19)34(38)39)14-8-13-32(4)26(35)23-16-29-21-11-5-6-12-22(21)31-23/h5-7,9-12,15-17,24-25H,8,13-14H2,1-4H3. The molecule has 1 aliphatic rings. The van der Waals surface area contributed by atoms with Gasteiger partial charge in [-0.3, -0.25) is 24.7 Å². The molecule has 0 fully saturated rings. The molecule has 0 bridgehead atoms. The number of urea groups is 1. The van der Waals surface area contributed by atoms with Gasteiger partial charge in [0.25, 0.3) is 11.6 Å². The number of carbonyl (C=O) groups is 3. The number of nitro benzene ring substituents is 1. The summed E-state index contributed by atoms with van der Waals surface area (Å²) in [6.45, 7) is 5.40. The number of benzene rings is 2. The van der Waals surface area contributed by atoms with Crippen LogP contribution in [0.25, 0.3) is 11.0 Å². The van der Waals surface area contributed by atoms with E-state index in [0.29, 0.717) is 23.0 Å². The van der Waals surface area contributed by atoms with Crippen molar-refractivity contribution in [2.75, 3.05) is 20.1 Å². The molecule has 2 heterocycles. The maximum absolute atomic E-state index is 13.2. The highest BCUT2D eigenvalue weighted by Gasteiger charge is 2.43. The third-order valence-corrected chi connectivity index (χ3v) is 6.55. The van der Waals surface area contributed by atoms with Gasteiger partial charge in [-0.25, -0.2) is 14.8 Å². The molecule has 2 aromatic carbocycles. The summed E-state index contributed by atoms with van der Waals surface area (Å²) in [5.41, 5.74) is 2.00. The van der Waals surface area contributed by atoms with Crippen molar-refractivity contribution in [3.63, 3.8) is 0 Å². The predicted octanol–water partition coefficient (Wildman–Crippen LogP) is 4.21. The van der Waals surface area contributed by atoms with Crippen molar-refractivity contribution in [1.29, 1.82) is 0 Å². The van der Waals surface area contributed by atoms with E-state index in [1.54, 1.807) is 40.0 Å². The highest BCUT2D eigenvalue weighted by atomic mass is 16.6. The van der Waals surface area contributed by atoms with Gasteiger partial charge in [-0.2, -0.15) is 0 Å². The van der Waals surface area contributed by atoms with Crippen LogP contribution in [-0.4, -0.2) is 74.6 Å². The second-order valence-corrected chi connectivity index (χ2v) is 9.81. The Labute approximate surface area is 230 Å².